The van der Waals surface area contributed by atoms with Gasteiger partial charge in [-0.3, -0.25) is 14.4 Å². The molecule has 430 valence electrons. The van der Waals surface area contributed by atoms with Crippen molar-refractivity contribution in [1.82, 2.24) is 0 Å². The largest absolute Gasteiger partial charge is 0.462 e. The Bertz CT molecular complexity index is 1180. The number of rotatable bonds is 61. The van der Waals surface area contributed by atoms with Crippen LogP contribution in [0.5, 0.6) is 0 Å². The van der Waals surface area contributed by atoms with E-state index in [-0.39, 0.29) is 31.1 Å². The van der Waals surface area contributed by atoms with Crippen molar-refractivity contribution in [3.63, 3.8) is 0 Å². The van der Waals surface area contributed by atoms with Crippen LogP contribution in [0.25, 0.3) is 0 Å². The molecule has 0 spiro atoms. The number of allylic oxidation sites excluding steroid dienone is 4. The summed E-state index contributed by atoms with van der Waals surface area (Å²) in [4.78, 5) is 38.0. The van der Waals surface area contributed by atoms with E-state index in [2.05, 4.69) is 45.1 Å². The number of ether oxygens (including phenoxy) is 3. The molecule has 0 rings (SSSR count). The molecule has 0 saturated carbocycles. The number of esters is 3. The third kappa shape index (κ3) is 60.6. The standard InChI is InChI=1S/C67H126O6/c1-4-7-10-13-16-18-20-22-24-25-26-27-28-29-30-31-32-33-34-35-36-37-38-39-40-41-43-44-46-48-51-54-57-60-66(69)72-63-64(62-71-65(68)59-56-53-50-15-12-9-6-3)73-67(70)61-58-55-52-49-47-45-42-23-21-19-17-14-11-8-5-2/h17,19,23,42,64H,4-16,18,20-22,24-41,43-63H2,1-3H3/b19-17-,42-23-. The number of hydrogen-bond acceptors (Lipinski definition) is 6. The Morgan fingerprint density at radius 1 is 0.274 bits per heavy atom. The fraction of sp³-hybridized carbons (Fsp3) is 0.896. The van der Waals surface area contributed by atoms with Crippen molar-refractivity contribution in [3.8, 4) is 0 Å². The second-order valence-corrected chi connectivity index (χ2v) is 22.4. The molecule has 0 saturated heterocycles. The van der Waals surface area contributed by atoms with Crippen molar-refractivity contribution in [2.45, 2.75) is 374 Å². The highest BCUT2D eigenvalue weighted by Crippen LogP contribution is 2.18. The van der Waals surface area contributed by atoms with Gasteiger partial charge < -0.3 is 14.2 Å². The first-order valence-electron chi connectivity index (χ1n) is 32.8. The lowest BCUT2D eigenvalue weighted by Gasteiger charge is -2.18. The highest BCUT2D eigenvalue weighted by Gasteiger charge is 2.19. The summed E-state index contributed by atoms with van der Waals surface area (Å²) < 4.78 is 16.8. The van der Waals surface area contributed by atoms with E-state index >= 15 is 0 Å². The molecule has 0 bridgehead atoms. The molecular formula is C67H126O6. The van der Waals surface area contributed by atoms with E-state index in [1.165, 1.54) is 250 Å². The Labute approximate surface area is 455 Å². The second-order valence-electron chi connectivity index (χ2n) is 22.4. The van der Waals surface area contributed by atoms with Crippen molar-refractivity contribution in [1.29, 1.82) is 0 Å². The summed E-state index contributed by atoms with van der Waals surface area (Å²) >= 11 is 0. The van der Waals surface area contributed by atoms with Crippen molar-refractivity contribution in [3.05, 3.63) is 24.3 Å². The molecule has 0 aromatic rings. The molecule has 6 nitrogen and oxygen atoms in total. The number of unbranched alkanes of at least 4 members (excludes halogenated alkanes) is 46. The lowest BCUT2D eigenvalue weighted by Crippen LogP contribution is -2.30. The molecule has 0 N–H and O–H groups in total. The van der Waals surface area contributed by atoms with Crippen LogP contribution in [0.3, 0.4) is 0 Å². The minimum absolute atomic E-state index is 0.0723. The fourth-order valence-corrected chi connectivity index (χ4v) is 10.0. The maximum atomic E-state index is 12.8. The Morgan fingerprint density at radius 3 is 0.781 bits per heavy atom. The summed E-state index contributed by atoms with van der Waals surface area (Å²) in [5.41, 5.74) is 0. The van der Waals surface area contributed by atoms with Gasteiger partial charge in [0.05, 0.1) is 0 Å². The van der Waals surface area contributed by atoms with E-state index in [9.17, 15) is 14.4 Å². The summed E-state index contributed by atoms with van der Waals surface area (Å²) in [7, 11) is 0. The van der Waals surface area contributed by atoms with Crippen molar-refractivity contribution in [2.24, 2.45) is 0 Å². The Morgan fingerprint density at radius 2 is 0.493 bits per heavy atom. The van der Waals surface area contributed by atoms with Crippen molar-refractivity contribution < 1.29 is 28.6 Å². The molecule has 0 fully saturated rings. The van der Waals surface area contributed by atoms with E-state index in [0.717, 1.165) is 77.0 Å². The molecule has 0 aromatic carbocycles. The van der Waals surface area contributed by atoms with Crippen LogP contribution >= 0.6 is 0 Å². The monoisotopic (exact) mass is 1030 g/mol. The molecule has 73 heavy (non-hydrogen) atoms. The molecule has 0 aliphatic rings. The van der Waals surface area contributed by atoms with E-state index in [1.807, 2.05) is 0 Å². The van der Waals surface area contributed by atoms with E-state index in [1.54, 1.807) is 0 Å². The summed E-state index contributed by atoms with van der Waals surface area (Å²) in [6.07, 6.45) is 75.3. The van der Waals surface area contributed by atoms with Crippen LogP contribution in [0.15, 0.2) is 24.3 Å². The summed E-state index contributed by atoms with van der Waals surface area (Å²) in [5.74, 6) is -0.873. The average Bonchev–Trinajstić information content (AvgIpc) is 3.39. The van der Waals surface area contributed by atoms with Gasteiger partial charge in [-0.05, 0) is 51.4 Å². The van der Waals surface area contributed by atoms with Crippen LogP contribution in [0.1, 0.15) is 367 Å². The maximum Gasteiger partial charge on any atom is 0.306 e. The van der Waals surface area contributed by atoms with Gasteiger partial charge in [0.2, 0.25) is 0 Å². The number of carbonyl (C=O) groups excluding carboxylic acids is 3. The minimum Gasteiger partial charge on any atom is -0.462 e. The first kappa shape index (κ1) is 70.9. The van der Waals surface area contributed by atoms with Gasteiger partial charge in [0.25, 0.3) is 0 Å². The molecule has 0 amide bonds. The van der Waals surface area contributed by atoms with Crippen LogP contribution in [0, 0.1) is 0 Å². The van der Waals surface area contributed by atoms with Crippen LogP contribution in [0.4, 0.5) is 0 Å². The third-order valence-corrected chi connectivity index (χ3v) is 15.0. The zero-order valence-corrected chi connectivity index (χ0v) is 49.4. The zero-order chi connectivity index (χ0) is 52.9. The van der Waals surface area contributed by atoms with Gasteiger partial charge in [0, 0.05) is 19.3 Å². The maximum absolute atomic E-state index is 12.8. The van der Waals surface area contributed by atoms with E-state index < -0.39 is 6.10 Å². The Balaban J connectivity index is 3.93. The topological polar surface area (TPSA) is 78.9 Å². The van der Waals surface area contributed by atoms with Gasteiger partial charge in [0.1, 0.15) is 13.2 Å². The van der Waals surface area contributed by atoms with Crippen molar-refractivity contribution >= 4 is 17.9 Å². The van der Waals surface area contributed by atoms with E-state index in [0.29, 0.717) is 19.3 Å². The third-order valence-electron chi connectivity index (χ3n) is 15.0. The molecule has 0 heterocycles. The van der Waals surface area contributed by atoms with E-state index in [4.69, 9.17) is 14.2 Å². The summed E-state index contributed by atoms with van der Waals surface area (Å²) in [6, 6.07) is 0. The second kappa shape index (κ2) is 62.4. The quantitative estimate of drug-likeness (QED) is 0.0261. The first-order chi connectivity index (χ1) is 36.0. The smallest absolute Gasteiger partial charge is 0.306 e. The van der Waals surface area contributed by atoms with Crippen LogP contribution in [-0.4, -0.2) is 37.2 Å². The zero-order valence-electron chi connectivity index (χ0n) is 49.4. The molecule has 0 aromatic heterocycles. The molecule has 1 unspecified atom stereocenters. The van der Waals surface area contributed by atoms with Gasteiger partial charge in [-0.15, -0.1) is 0 Å². The predicted molar refractivity (Wildman–Crippen MR) is 316 cm³/mol. The molecule has 0 radical (unpaired) electrons. The minimum atomic E-state index is -0.773. The number of carbonyl (C=O) groups is 3. The SMILES string of the molecule is CCCCC/C=C\C/C=C\CCCCCCCC(=O)OC(COC(=O)CCCCCCCCC)COC(=O)CCCCCCCCCCCCCCCCCCCCCCCCCCCCCCCCCCC. The Kier molecular flexibility index (Phi) is 60.6. The van der Waals surface area contributed by atoms with Gasteiger partial charge >= 0.3 is 17.9 Å². The average molecular weight is 1030 g/mol. The lowest BCUT2D eigenvalue weighted by molar-refractivity contribution is -0.167. The van der Waals surface area contributed by atoms with Gasteiger partial charge in [-0.1, -0.05) is 321 Å². The predicted octanol–water partition coefficient (Wildman–Crippen LogP) is 22.2. The van der Waals surface area contributed by atoms with Gasteiger partial charge in [-0.25, -0.2) is 0 Å². The van der Waals surface area contributed by atoms with Crippen LogP contribution in [-0.2, 0) is 28.6 Å². The lowest BCUT2D eigenvalue weighted by atomic mass is 10.0. The molecular weight excluding hydrogens is 901 g/mol. The van der Waals surface area contributed by atoms with Gasteiger partial charge in [-0.2, -0.15) is 0 Å². The highest BCUT2D eigenvalue weighted by molar-refractivity contribution is 5.71. The Hall–Kier alpha value is -2.11. The molecule has 1 atom stereocenters. The highest BCUT2D eigenvalue weighted by atomic mass is 16.6. The number of hydrogen-bond donors (Lipinski definition) is 0. The van der Waals surface area contributed by atoms with Crippen molar-refractivity contribution in [2.75, 3.05) is 13.2 Å². The molecule has 6 heteroatoms. The first-order valence-corrected chi connectivity index (χ1v) is 32.8. The van der Waals surface area contributed by atoms with Gasteiger partial charge in [0.15, 0.2) is 6.10 Å². The molecule has 0 aliphatic carbocycles. The molecule has 0 aliphatic heterocycles. The summed E-state index contributed by atoms with van der Waals surface area (Å²) in [6.45, 7) is 6.61. The van der Waals surface area contributed by atoms with Crippen LogP contribution in [0.2, 0.25) is 0 Å². The van der Waals surface area contributed by atoms with Crippen LogP contribution < -0.4 is 0 Å². The normalized spacial score (nSPS) is 12.1. The fourth-order valence-electron chi connectivity index (χ4n) is 10.0. The summed E-state index contributed by atoms with van der Waals surface area (Å²) in [5, 5.41) is 0.